The number of halogens is 1. The molecular weight excluding hydrogens is 235 g/mol. The van der Waals surface area contributed by atoms with E-state index in [1.165, 1.54) is 12.1 Å². The predicted octanol–water partition coefficient (Wildman–Crippen LogP) is 2.93. The van der Waals surface area contributed by atoms with Crippen LogP contribution in [-0.2, 0) is 6.54 Å². The highest BCUT2D eigenvalue weighted by Crippen LogP contribution is 2.09. The molecule has 1 aromatic rings. The zero-order chi connectivity index (χ0) is 12.7. The molecule has 0 heterocycles. The summed E-state index contributed by atoms with van der Waals surface area (Å²) >= 11 is 1.82. The lowest BCUT2D eigenvalue weighted by Gasteiger charge is -2.13. The van der Waals surface area contributed by atoms with Crippen LogP contribution in [0.2, 0.25) is 0 Å². The van der Waals surface area contributed by atoms with Crippen LogP contribution in [0.15, 0.2) is 18.2 Å². The lowest BCUT2D eigenvalue weighted by atomic mass is 10.1. The van der Waals surface area contributed by atoms with Crippen molar-refractivity contribution in [3.8, 4) is 6.07 Å². The Hall–Kier alpha value is -1.05. The van der Waals surface area contributed by atoms with Crippen molar-refractivity contribution in [1.29, 1.82) is 5.26 Å². The fourth-order valence-electron chi connectivity index (χ4n) is 1.51. The molecule has 1 atom stereocenters. The fraction of sp³-hybridized carbons (Fsp3) is 0.462. The second-order valence-electron chi connectivity index (χ2n) is 4.02. The highest BCUT2D eigenvalue weighted by molar-refractivity contribution is 7.98. The van der Waals surface area contributed by atoms with E-state index in [1.807, 2.05) is 17.8 Å². The van der Waals surface area contributed by atoms with Crippen LogP contribution < -0.4 is 5.32 Å². The number of rotatable bonds is 6. The van der Waals surface area contributed by atoms with E-state index in [0.29, 0.717) is 18.2 Å². The van der Waals surface area contributed by atoms with Gasteiger partial charge in [-0.05, 0) is 49.1 Å². The Bertz CT molecular complexity index is 401. The summed E-state index contributed by atoms with van der Waals surface area (Å²) in [6, 6.07) is 6.80. The maximum absolute atomic E-state index is 13.2. The van der Waals surface area contributed by atoms with E-state index in [0.717, 1.165) is 17.7 Å². The van der Waals surface area contributed by atoms with E-state index in [-0.39, 0.29) is 5.82 Å². The fourth-order valence-corrected chi connectivity index (χ4v) is 2.10. The minimum absolute atomic E-state index is 0.349. The second kappa shape index (κ2) is 7.31. The molecule has 0 fully saturated rings. The van der Waals surface area contributed by atoms with Crippen molar-refractivity contribution in [2.45, 2.75) is 25.9 Å². The molecule has 92 valence electrons. The molecule has 1 unspecified atom stereocenters. The zero-order valence-corrected chi connectivity index (χ0v) is 11.0. The standard InChI is InChI=1S/C13H17FN2S/c1-10(3-4-17-2)16-9-12-5-11(8-15)6-13(14)7-12/h5-7,10,16H,3-4,9H2,1-2H3. The van der Waals surface area contributed by atoms with Gasteiger partial charge in [-0.15, -0.1) is 0 Å². The molecule has 1 rings (SSSR count). The van der Waals surface area contributed by atoms with Gasteiger partial charge in [-0.25, -0.2) is 4.39 Å². The lowest BCUT2D eigenvalue weighted by molar-refractivity contribution is 0.535. The van der Waals surface area contributed by atoms with Crippen LogP contribution in [0.4, 0.5) is 4.39 Å². The second-order valence-corrected chi connectivity index (χ2v) is 5.01. The van der Waals surface area contributed by atoms with Crippen LogP contribution in [-0.4, -0.2) is 18.1 Å². The van der Waals surface area contributed by atoms with E-state index >= 15 is 0 Å². The van der Waals surface area contributed by atoms with Gasteiger partial charge in [0.15, 0.2) is 0 Å². The average molecular weight is 252 g/mol. The number of thioether (sulfide) groups is 1. The topological polar surface area (TPSA) is 35.8 Å². The summed E-state index contributed by atoms with van der Waals surface area (Å²) in [7, 11) is 0. The summed E-state index contributed by atoms with van der Waals surface area (Å²) in [4.78, 5) is 0. The molecule has 4 heteroatoms. The van der Waals surface area contributed by atoms with Crippen molar-refractivity contribution in [1.82, 2.24) is 5.32 Å². The van der Waals surface area contributed by atoms with E-state index < -0.39 is 0 Å². The molecule has 0 saturated heterocycles. The van der Waals surface area contributed by atoms with Gasteiger partial charge in [-0.2, -0.15) is 17.0 Å². The van der Waals surface area contributed by atoms with Crippen molar-refractivity contribution in [3.05, 3.63) is 35.1 Å². The van der Waals surface area contributed by atoms with Crippen molar-refractivity contribution in [3.63, 3.8) is 0 Å². The Kier molecular flexibility index (Phi) is 6.03. The Balaban J connectivity index is 2.51. The van der Waals surface area contributed by atoms with Crippen LogP contribution in [0.5, 0.6) is 0 Å². The molecule has 0 bridgehead atoms. The first-order valence-electron chi connectivity index (χ1n) is 5.57. The van der Waals surface area contributed by atoms with Gasteiger partial charge in [-0.3, -0.25) is 0 Å². The van der Waals surface area contributed by atoms with Crippen molar-refractivity contribution in [2.75, 3.05) is 12.0 Å². The van der Waals surface area contributed by atoms with E-state index in [2.05, 4.69) is 18.5 Å². The summed E-state index contributed by atoms with van der Waals surface area (Å²) in [6.07, 6.45) is 3.17. The largest absolute Gasteiger partial charge is 0.310 e. The van der Waals surface area contributed by atoms with Gasteiger partial charge in [-0.1, -0.05) is 0 Å². The van der Waals surface area contributed by atoms with Gasteiger partial charge in [0.05, 0.1) is 11.6 Å². The lowest BCUT2D eigenvalue weighted by Crippen LogP contribution is -2.26. The molecule has 2 nitrogen and oxygen atoms in total. The van der Waals surface area contributed by atoms with Gasteiger partial charge in [0, 0.05) is 12.6 Å². The minimum atomic E-state index is -0.349. The van der Waals surface area contributed by atoms with Crippen LogP contribution in [0.1, 0.15) is 24.5 Å². The van der Waals surface area contributed by atoms with Crippen LogP contribution >= 0.6 is 11.8 Å². The van der Waals surface area contributed by atoms with Crippen LogP contribution in [0, 0.1) is 17.1 Å². The van der Waals surface area contributed by atoms with Crippen molar-refractivity contribution in [2.24, 2.45) is 0 Å². The minimum Gasteiger partial charge on any atom is -0.310 e. The number of benzene rings is 1. The molecule has 0 amide bonds. The zero-order valence-electron chi connectivity index (χ0n) is 10.2. The highest BCUT2D eigenvalue weighted by atomic mass is 32.2. The Morgan fingerprint density at radius 3 is 2.88 bits per heavy atom. The van der Waals surface area contributed by atoms with Gasteiger partial charge in [0.25, 0.3) is 0 Å². The third kappa shape index (κ3) is 5.20. The summed E-state index contributed by atoms with van der Waals surface area (Å²) in [5, 5.41) is 12.1. The molecule has 0 aliphatic rings. The third-order valence-electron chi connectivity index (χ3n) is 2.50. The Morgan fingerprint density at radius 1 is 1.47 bits per heavy atom. The monoisotopic (exact) mass is 252 g/mol. The molecule has 0 saturated carbocycles. The average Bonchev–Trinajstić information content (AvgIpc) is 2.33. The first kappa shape index (κ1) is 14.0. The molecule has 17 heavy (non-hydrogen) atoms. The molecule has 0 spiro atoms. The van der Waals surface area contributed by atoms with Crippen molar-refractivity contribution >= 4 is 11.8 Å². The number of nitriles is 1. The smallest absolute Gasteiger partial charge is 0.124 e. The summed E-state index contributed by atoms with van der Waals surface area (Å²) in [5.41, 5.74) is 1.19. The van der Waals surface area contributed by atoms with E-state index in [1.54, 1.807) is 6.07 Å². The van der Waals surface area contributed by atoms with Crippen LogP contribution in [0.3, 0.4) is 0 Å². The molecule has 1 N–H and O–H groups in total. The molecule has 1 aromatic carbocycles. The van der Waals surface area contributed by atoms with Gasteiger partial charge >= 0.3 is 0 Å². The molecule has 0 aromatic heterocycles. The van der Waals surface area contributed by atoms with Crippen molar-refractivity contribution < 1.29 is 4.39 Å². The number of nitrogens with zero attached hydrogens (tertiary/aromatic N) is 1. The van der Waals surface area contributed by atoms with Gasteiger partial charge in [0.2, 0.25) is 0 Å². The number of hydrogen-bond acceptors (Lipinski definition) is 3. The third-order valence-corrected chi connectivity index (χ3v) is 3.14. The van der Waals surface area contributed by atoms with E-state index in [9.17, 15) is 4.39 Å². The van der Waals surface area contributed by atoms with E-state index in [4.69, 9.17) is 5.26 Å². The molecule has 0 aliphatic carbocycles. The Labute approximate surface area is 106 Å². The van der Waals surface area contributed by atoms with Crippen LogP contribution in [0.25, 0.3) is 0 Å². The normalized spacial score (nSPS) is 12.1. The number of nitrogens with one attached hydrogen (secondary N) is 1. The van der Waals surface area contributed by atoms with Gasteiger partial charge < -0.3 is 5.32 Å². The predicted molar refractivity (Wildman–Crippen MR) is 70.4 cm³/mol. The molecular formula is C13H17FN2S. The maximum atomic E-state index is 13.2. The van der Waals surface area contributed by atoms with Gasteiger partial charge in [0.1, 0.15) is 5.82 Å². The maximum Gasteiger partial charge on any atom is 0.124 e. The quantitative estimate of drug-likeness (QED) is 0.845. The first-order valence-corrected chi connectivity index (χ1v) is 6.97. The Morgan fingerprint density at radius 2 is 2.24 bits per heavy atom. The SMILES string of the molecule is CSCCC(C)NCc1cc(F)cc(C#N)c1. The first-order chi connectivity index (χ1) is 8.15. The summed E-state index contributed by atoms with van der Waals surface area (Å²) < 4.78 is 13.2. The molecule has 0 radical (unpaired) electrons. The highest BCUT2D eigenvalue weighted by Gasteiger charge is 2.03. The summed E-state index contributed by atoms with van der Waals surface area (Å²) in [6.45, 7) is 2.71. The number of hydrogen-bond donors (Lipinski definition) is 1. The summed E-state index contributed by atoms with van der Waals surface area (Å²) in [5.74, 6) is 0.762. The molecule has 0 aliphatic heterocycles.